The van der Waals surface area contributed by atoms with E-state index in [9.17, 15) is 4.79 Å². The number of fused-ring (bicyclic) bond motifs is 1. The minimum atomic E-state index is 0.0450. The van der Waals surface area contributed by atoms with E-state index in [1.54, 1.807) is 11.8 Å². The highest BCUT2D eigenvalue weighted by Crippen LogP contribution is 2.43. The van der Waals surface area contributed by atoms with Crippen molar-refractivity contribution >= 4 is 46.0 Å². The molecule has 1 aromatic carbocycles. The van der Waals surface area contributed by atoms with E-state index in [-0.39, 0.29) is 11.8 Å². The van der Waals surface area contributed by atoms with E-state index in [1.807, 2.05) is 13.0 Å². The molecule has 3 aromatic rings. The molecule has 5 rings (SSSR count). The molecule has 2 aliphatic carbocycles. The second-order valence-corrected chi connectivity index (χ2v) is 8.55. The predicted molar refractivity (Wildman–Crippen MR) is 113 cm³/mol. The number of benzene rings is 1. The summed E-state index contributed by atoms with van der Waals surface area (Å²) in [7, 11) is 0. The minimum Gasteiger partial charge on any atom is -0.353 e. The summed E-state index contributed by atoms with van der Waals surface area (Å²) in [6.45, 7) is 1.91. The molecule has 1 amide bonds. The Hall–Kier alpha value is -2.54. The van der Waals surface area contributed by atoms with E-state index in [1.165, 1.54) is 23.3 Å². The first-order chi connectivity index (χ1) is 13.6. The number of aromatic nitrogens is 3. The molecule has 0 radical (unpaired) electrons. The highest BCUT2D eigenvalue weighted by molar-refractivity contribution is 7.98. The quantitative estimate of drug-likeness (QED) is 0.516. The van der Waals surface area contributed by atoms with Gasteiger partial charge in [0.1, 0.15) is 17.2 Å². The Morgan fingerprint density at radius 1 is 1.14 bits per heavy atom. The van der Waals surface area contributed by atoms with Crippen molar-refractivity contribution in [2.45, 2.75) is 43.4 Å². The lowest BCUT2D eigenvalue weighted by Gasteiger charge is -2.14. The fourth-order valence-corrected chi connectivity index (χ4v) is 4.06. The van der Waals surface area contributed by atoms with Crippen molar-refractivity contribution in [3.05, 3.63) is 35.7 Å². The summed E-state index contributed by atoms with van der Waals surface area (Å²) < 4.78 is 0. The zero-order valence-electron chi connectivity index (χ0n) is 16.0. The summed E-state index contributed by atoms with van der Waals surface area (Å²) in [5.74, 6) is 2.24. The van der Waals surface area contributed by atoms with E-state index in [2.05, 4.69) is 50.0 Å². The highest BCUT2D eigenvalue weighted by Gasteiger charge is 2.30. The Labute approximate surface area is 167 Å². The predicted octanol–water partition coefficient (Wildman–Crippen LogP) is 4.96. The average Bonchev–Trinajstić information content (AvgIpc) is 3.58. The van der Waals surface area contributed by atoms with E-state index < -0.39 is 0 Å². The molecule has 0 aliphatic heterocycles. The van der Waals surface area contributed by atoms with Crippen molar-refractivity contribution < 1.29 is 4.79 Å². The molecule has 2 saturated carbocycles. The summed E-state index contributed by atoms with van der Waals surface area (Å²) in [6, 6.07) is 8.54. The number of imidazole rings is 1. The van der Waals surface area contributed by atoms with Crippen molar-refractivity contribution in [3.63, 3.8) is 0 Å². The number of thioether (sulfide) groups is 1. The Bertz CT molecular complexity index is 1070. The molecule has 3 N–H and O–H groups in total. The topological polar surface area (TPSA) is 82.7 Å². The van der Waals surface area contributed by atoms with E-state index in [4.69, 9.17) is 0 Å². The molecule has 0 spiro atoms. The van der Waals surface area contributed by atoms with Crippen LogP contribution in [0, 0.1) is 12.8 Å². The van der Waals surface area contributed by atoms with Crippen LogP contribution >= 0.6 is 11.8 Å². The first kappa shape index (κ1) is 17.6. The third-order valence-electron chi connectivity index (χ3n) is 5.32. The van der Waals surface area contributed by atoms with Gasteiger partial charge in [-0.2, -0.15) is 0 Å². The van der Waals surface area contributed by atoms with Crippen LogP contribution in [0.25, 0.3) is 11.2 Å². The fraction of sp³-hybridized carbons (Fsp3) is 0.381. The zero-order chi connectivity index (χ0) is 19.3. The summed E-state index contributed by atoms with van der Waals surface area (Å²) in [5, 5.41) is 6.48. The monoisotopic (exact) mass is 393 g/mol. The molecule has 2 heterocycles. The smallest absolute Gasteiger partial charge is 0.228 e. The second-order valence-electron chi connectivity index (χ2n) is 7.70. The molecular weight excluding hydrogens is 370 g/mol. The van der Waals surface area contributed by atoms with E-state index in [0.29, 0.717) is 11.5 Å². The molecule has 2 aromatic heterocycles. The maximum Gasteiger partial charge on any atom is 0.228 e. The van der Waals surface area contributed by atoms with Crippen LogP contribution in [-0.4, -0.2) is 27.1 Å². The number of amides is 1. The number of carbonyl (C=O) groups excluding carboxylic acids is 1. The third kappa shape index (κ3) is 3.46. The van der Waals surface area contributed by atoms with Gasteiger partial charge in [0.2, 0.25) is 5.91 Å². The normalized spacial score (nSPS) is 16.4. The number of pyridine rings is 1. The molecule has 0 unspecified atom stereocenters. The van der Waals surface area contributed by atoms with E-state index >= 15 is 0 Å². The maximum absolute atomic E-state index is 12.2. The molecule has 2 fully saturated rings. The number of anilines is 3. The average molecular weight is 394 g/mol. The number of carbonyl (C=O) groups is 1. The van der Waals surface area contributed by atoms with Crippen molar-refractivity contribution in [1.29, 1.82) is 0 Å². The van der Waals surface area contributed by atoms with Gasteiger partial charge in [-0.25, -0.2) is 9.97 Å². The number of aromatic amines is 1. The van der Waals surface area contributed by atoms with Crippen LogP contribution in [0.5, 0.6) is 0 Å². The van der Waals surface area contributed by atoms with Gasteiger partial charge in [-0.1, -0.05) is 6.07 Å². The molecule has 0 bridgehead atoms. The van der Waals surface area contributed by atoms with Crippen LogP contribution in [-0.2, 0) is 4.79 Å². The molecular formula is C21H23N5OS. The summed E-state index contributed by atoms with van der Waals surface area (Å²) in [6.07, 6.45) is 6.61. The van der Waals surface area contributed by atoms with Gasteiger partial charge in [0.05, 0.1) is 11.4 Å². The first-order valence-corrected chi connectivity index (χ1v) is 11.0. The number of nitrogens with one attached hydrogen (secondary N) is 3. The van der Waals surface area contributed by atoms with Gasteiger partial charge in [0.15, 0.2) is 5.65 Å². The van der Waals surface area contributed by atoms with Crippen molar-refractivity contribution in [3.8, 4) is 0 Å². The third-order valence-corrected chi connectivity index (χ3v) is 6.10. The van der Waals surface area contributed by atoms with Crippen LogP contribution in [0.3, 0.4) is 0 Å². The standard InChI is InChI=1S/C21H23N5OS/c1-11-22-19-16(10-18(25-20(19)23-11)26-21(27)13-5-6-13)24-15-8-7-14(12-3-4-12)9-17(15)28-2/h7-10,12-13H,3-6H2,1-2H3,(H3,22,23,24,25,26,27). The van der Waals surface area contributed by atoms with Crippen molar-refractivity contribution in [2.24, 2.45) is 5.92 Å². The summed E-state index contributed by atoms with van der Waals surface area (Å²) >= 11 is 1.74. The SMILES string of the molecule is CSc1cc(C2CC2)ccc1Nc1cc(NC(=O)C2CC2)nc2nc(C)[nH]c12. The lowest BCUT2D eigenvalue weighted by Crippen LogP contribution is -2.14. The van der Waals surface area contributed by atoms with Gasteiger partial charge in [-0.05, 0) is 62.5 Å². The number of hydrogen-bond acceptors (Lipinski definition) is 5. The van der Waals surface area contributed by atoms with Gasteiger partial charge in [0, 0.05) is 16.9 Å². The number of rotatable bonds is 6. The van der Waals surface area contributed by atoms with Crippen LogP contribution in [0.4, 0.5) is 17.2 Å². The van der Waals surface area contributed by atoms with Crippen LogP contribution < -0.4 is 10.6 Å². The number of H-pyrrole nitrogens is 1. The van der Waals surface area contributed by atoms with Crippen molar-refractivity contribution in [1.82, 2.24) is 15.0 Å². The summed E-state index contributed by atoms with van der Waals surface area (Å²) in [4.78, 5) is 25.7. The maximum atomic E-state index is 12.2. The number of aryl methyl sites for hydroxylation is 1. The lowest BCUT2D eigenvalue weighted by atomic mass is 10.1. The van der Waals surface area contributed by atoms with Gasteiger partial charge >= 0.3 is 0 Å². The molecule has 28 heavy (non-hydrogen) atoms. The zero-order valence-corrected chi connectivity index (χ0v) is 16.8. The van der Waals surface area contributed by atoms with Gasteiger partial charge in [-0.3, -0.25) is 4.79 Å². The molecule has 0 saturated heterocycles. The van der Waals surface area contributed by atoms with Crippen molar-refractivity contribution in [2.75, 3.05) is 16.9 Å². The first-order valence-electron chi connectivity index (χ1n) is 9.74. The Morgan fingerprint density at radius 2 is 1.96 bits per heavy atom. The Kier molecular flexibility index (Phi) is 4.27. The number of hydrogen-bond donors (Lipinski definition) is 3. The molecule has 6 nitrogen and oxygen atoms in total. The van der Waals surface area contributed by atoms with Gasteiger partial charge < -0.3 is 15.6 Å². The minimum absolute atomic E-state index is 0.0450. The van der Waals surface area contributed by atoms with Crippen LogP contribution in [0.1, 0.15) is 43.0 Å². The lowest BCUT2D eigenvalue weighted by molar-refractivity contribution is -0.117. The fourth-order valence-electron chi connectivity index (χ4n) is 3.47. The Morgan fingerprint density at radius 3 is 2.68 bits per heavy atom. The van der Waals surface area contributed by atoms with E-state index in [0.717, 1.165) is 41.5 Å². The van der Waals surface area contributed by atoms with Crippen LogP contribution in [0.2, 0.25) is 0 Å². The van der Waals surface area contributed by atoms with Gasteiger partial charge in [-0.15, -0.1) is 11.8 Å². The molecule has 144 valence electrons. The van der Waals surface area contributed by atoms with Gasteiger partial charge in [0.25, 0.3) is 0 Å². The largest absolute Gasteiger partial charge is 0.353 e. The number of nitrogens with zero attached hydrogens (tertiary/aromatic N) is 2. The second kappa shape index (κ2) is 6.81. The van der Waals surface area contributed by atoms with Crippen LogP contribution in [0.15, 0.2) is 29.2 Å². The molecule has 0 atom stereocenters. The molecule has 7 heteroatoms. The highest BCUT2D eigenvalue weighted by atomic mass is 32.2. The Balaban J connectivity index is 1.51. The molecule has 2 aliphatic rings. The summed E-state index contributed by atoms with van der Waals surface area (Å²) in [5.41, 5.74) is 4.79.